The monoisotopic (exact) mass is 341 g/mol. The Morgan fingerprint density at radius 3 is 2.58 bits per heavy atom. The van der Waals surface area contributed by atoms with Crippen LogP contribution in [0.25, 0.3) is 0 Å². The highest BCUT2D eigenvalue weighted by Crippen LogP contribution is 2.27. The number of phenols is 1. The fourth-order valence-electron chi connectivity index (χ4n) is 2.41. The molecular formula is C18H16ClN3O2. The van der Waals surface area contributed by atoms with Gasteiger partial charge in [0.05, 0.1) is 17.0 Å². The zero-order valence-electron chi connectivity index (χ0n) is 13.3. The molecule has 0 atom stereocenters. The van der Waals surface area contributed by atoms with Gasteiger partial charge in [-0.1, -0.05) is 17.7 Å². The average molecular weight is 342 g/mol. The normalized spacial score (nSPS) is 15.8. The Morgan fingerprint density at radius 1 is 1.21 bits per heavy atom. The summed E-state index contributed by atoms with van der Waals surface area (Å²) < 4.78 is 0. The third kappa shape index (κ3) is 3.12. The van der Waals surface area contributed by atoms with Crippen molar-refractivity contribution < 1.29 is 9.90 Å². The average Bonchev–Trinajstić information content (AvgIpc) is 2.83. The van der Waals surface area contributed by atoms with Crippen molar-refractivity contribution in [2.24, 2.45) is 5.10 Å². The van der Waals surface area contributed by atoms with Crippen LogP contribution in [0.2, 0.25) is 5.02 Å². The van der Waals surface area contributed by atoms with Gasteiger partial charge in [-0.25, -0.2) is 0 Å². The molecule has 3 rings (SSSR count). The number of halogens is 1. The molecule has 0 saturated carbocycles. The molecule has 0 bridgehead atoms. The van der Waals surface area contributed by atoms with Gasteiger partial charge in [-0.2, -0.15) is 10.1 Å². The molecule has 1 heterocycles. The van der Waals surface area contributed by atoms with E-state index in [2.05, 4.69) is 5.10 Å². The van der Waals surface area contributed by atoms with Crippen LogP contribution in [0.3, 0.4) is 0 Å². The van der Waals surface area contributed by atoms with Gasteiger partial charge in [-0.3, -0.25) is 4.79 Å². The van der Waals surface area contributed by atoms with Crippen LogP contribution in [-0.2, 0) is 4.79 Å². The van der Waals surface area contributed by atoms with Crippen molar-refractivity contribution in [1.82, 2.24) is 0 Å². The minimum Gasteiger partial charge on any atom is -0.508 e. The van der Waals surface area contributed by atoms with Gasteiger partial charge in [-0.05, 0) is 49.4 Å². The van der Waals surface area contributed by atoms with Crippen molar-refractivity contribution in [3.63, 3.8) is 0 Å². The Morgan fingerprint density at radius 2 is 1.92 bits per heavy atom. The number of carbonyl (C=O) groups is 1. The van der Waals surface area contributed by atoms with Crippen LogP contribution in [0.4, 0.5) is 11.4 Å². The second-order valence-corrected chi connectivity index (χ2v) is 5.89. The van der Waals surface area contributed by atoms with Gasteiger partial charge in [0.25, 0.3) is 5.91 Å². The number of rotatable bonds is 3. The van der Waals surface area contributed by atoms with E-state index in [1.54, 1.807) is 61.7 Å². The maximum absolute atomic E-state index is 12.7. The fourth-order valence-corrected chi connectivity index (χ4v) is 2.59. The van der Waals surface area contributed by atoms with Crippen molar-refractivity contribution in [1.29, 1.82) is 0 Å². The minimum atomic E-state index is -0.208. The van der Waals surface area contributed by atoms with Gasteiger partial charge in [0.2, 0.25) is 0 Å². The van der Waals surface area contributed by atoms with Crippen LogP contribution in [0.15, 0.2) is 65.4 Å². The highest BCUT2D eigenvalue weighted by atomic mass is 35.5. The molecule has 1 aliphatic rings. The molecule has 2 aromatic carbocycles. The summed E-state index contributed by atoms with van der Waals surface area (Å²) in [6.45, 7) is 1.79. The molecule has 0 saturated heterocycles. The molecular weight excluding hydrogens is 326 g/mol. The van der Waals surface area contributed by atoms with E-state index in [0.29, 0.717) is 22.0 Å². The molecule has 6 heteroatoms. The van der Waals surface area contributed by atoms with Gasteiger partial charge >= 0.3 is 0 Å². The maximum Gasteiger partial charge on any atom is 0.282 e. The number of carbonyl (C=O) groups excluding carboxylic acids is 1. The molecule has 0 fully saturated rings. The third-order valence-corrected chi connectivity index (χ3v) is 3.93. The molecule has 1 amide bonds. The van der Waals surface area contributed by atoms with Crippen molar-refractivity contribution in [3.05, 3.63) is 65.3 Å². The molecule has 122 valence electrons. The van der Waals surface area contributed by atoms with Crippen LogP contribution in [-0.4, -0.2) is 23.8 Å². The summed E-state index contributed by atoms with van der Waals surface area (Å²) in [4.78, 5) is 14.5. The Kier molecular flexibility index (Phi) is 4.27. The lowest BCUT2D eigenvalue weighted by molar-refractivity contribution is -0.114. The van der Waals surface area contributed by atoms with Gasteiger partial charge in [-0.15, -0.1) is 0 Å². The van der Waals surface area contributed by atoms with Crippen LogP contribution in [0.1, 0.15) is 6.92 Å². The second kappa shape index (κ2) is 6.37. The lowest BCUT2D eigenvalue weighted by atomic mass is 10.2. The molecule has 0 spiro atoms. The molecule has 0 aromatic heterocycles. The van der Waals surface area contributed by atoms with E-state index in [1.807, 2.05) is 11.9 Å². The first-order valence-corrected chi connectivity index (χ1v) is 7.73. The number of hydrogen-bond donors (Lipinski definition) is 1. The minimum absolute atomic E-state index is 0.196. The maximum atomic E-state index is 12.7. The summed E-state index contributed by atoms with van der Waals surface area (Å²) in [5.74, 6) is -0.0120. The molecule has 0 radical (unpaired) electrons. The summed E-state index contributed by atoms with van der Waals surface area (Å²) in [6.07, 6.45) is 1.73. The molecule has 1 aliphatic heterocycles. The molecule has 5 nitrogen and oxygen atoms in total. The van der Waals surface area contributed by atoms with Crippen molar-refractivity contribution in [2.75, 3.05) is 17.0 Å². The second-order valence-electron chi connectivity index (χ2n) is 5.45. The number of hydrogen-bond acceptors (Lipinski definition) is 4. The number of nitrogens with zero attached hydrogens (tertiary/aromatic N) is 3. The summed E-state index contributed by atoms with van der Waals surface area (Å²) in [5.41, 5.74) is 2.61. The number of phenolic OH excluding ortho intramolecular Hbond substituents is 1. The summed E-state index contributed by atoms with van der Waals surface area (Å²) in [7, 11) is 1.84. The van der Waals surface area contributed by atoms with E-state index in [4.69, 9.17) is 11.6 Å². The van der Waals surface area contributed by atoms with E-state index in [9.17, 15) is 9.90 Å². The molecule has 24 heavy (non-hydrogen) atoms. The van der Waals surface area contributed by atoms with Crippen LogP contribution >= 0.6 is 11.6 Å². The largest absolute Gasteiger partial charge is 0.508 e. The number of anilines is 2. The Balaban J connectivity index is 1.88. The van der Waals surface area contributed by atoms with Crippen LogP contribution in [0.5, 0.6) is 5.75 Å². The van der Waals surface area contributed by atoms with Crippen molar-refractivity contribution >= 4 is 34.6 Å². The van der Waals surface area contributed by atoms with Gasteiger partial charge in [0.1, 0.15) is 5.75 Å². The van der Waals surface area contributed by atoms with E-state index in [1.165, 1.54) is 5.01 Å². The standard InChI is InChI=1S/C18H16ClN3O2/c1-12-17(11-21(2)14-6-8-16(23)9-7-14)18(24)22(20-12)15-5-3-4-13(19)10-15/h3-11,23H,1-2H3/b17-11-. The molecule has 2 aromatic rings. The first-order valence-electron chi connectivity index (χ1n) is 7.35. The first-order chi connectivity index (χ1) is 11.5. The lowest BCUT2D eigenvalue weighted by Crippen LogP contribution is -2.23. The SMILES string of the molecule is CC1=NN(c2cccc(Cl)c2)C(=O)/C1=C\N(C)c1ccc(O)cc1. The Labute approximate surface area is 145 Å². The zero-order valence-corrected chi connectivity index (χ0v) is 14.0. The quantitative estimate of drug-likeness (QED) is 0.864. The van der Waals surface area contributed by atoms with E-state index < -0.39 is 0 Å². The fraction of sp³-hybridized carbons (Fsp3) is 0.111. The van der Waals surface area contributed by atoms with Crippen molar-refractivity contribution in [2.45, 2.75) is 6.92 Å². The van der Waals surface area contributed by atoms with E-state index in [0.717, 1.165) is 5.69 Å². The molecule has 0 unspecified atom stereocenters. The van der Waals surface area contributed by atoms with E-state index >= 15 is 0 Å². The number of hydrazone groups is 1. The van der Waals surface area contributed by atoms with E-state index in [-0.39, 0.29) is 11.7 Å². The molecule has 0 aliphatic carbocycles. The number of aromatic hydroxyl groups is 1. The predicted molar refractivity (Wildman–Crippen MR) is 96.6 cm³/mol. The van der Waals surface area contributed by atoms with Gasteiger partial charge in [0.15, 0.2) is 0 Å². The predicted octanol–water partition coefficient (Wildman–Crippen LogP) is 3.79. The number of benzene rings is 2. The summed E-state index contributed by atoms with van der Waals surface area (Å²) in [5, 5.41) is 15.6. The first kappa shape index (κ1) is 16.1. The Bertz CT molecular complexity index is 844. The van der Waals surface area contributed by atoms with Crippen molar-refractivity contribution in [3.8, 4) is 5.75 Å². The Hall–Kier alpha value is -2.79. The van der Waals surface area contributed by atoms with Gasteiger partial charge in [0, 0.05) is 24.0 Å². The van der Waals surface area contributed by atoms with Gasteiger partial charge < -0.3 is 10.0 Å². The van der Waals surface area contributed by atoms with Crippen LogP contribution < -0.4 is 9.91 Å². The lowest BCUT2D eigenvalue weighted by Gasteiger charge is -2.16. The topological polar surface area (TPSA) is 56.1 Å². The highest BCUT2D eigenvalue weighted by molar-refractivity contribution is 6.32. The highest BCUT2D eigenvalue weighted by Gasteiger charge is 2.29. The number of amides is 1. The molecule has 1 N–H and O–H groups in total. The van der Waals surface area contributed by atoms with Crippen LogP contribution in [0, 0.1) is 0 Å². The summed E-state index contributed by atoms with van der Waals surface area (Å²) in [6, 6.07) is 13.7. The zero-order chi connectivity index (χ0) is 17.3. The third-order valence-electron chi connectivity index (χ3n) is 3.70. The summed E-state index contributed by atoms with van der Waals surface area (Å²) >= 11 is 5.99. The smallest absolute Gasteiger partial charge is 0.282 e.